The van der Waals surface area contributed by atoms with Crippen LogP contribution in [0.3, 0.4) is 0 Å². The SMILES string of the molecule is C=C(/C=C\C=C/C)/C=C(/C=C\C)c1nc(C2=CC(/C(C)=N/C(=C(C)C)c3nc(-c4ccccc4)ccc3CC)CC=C2)c2c(c1C)CCC=C2. The van der Waals surface area contributed by atoms with E-state index in [0.29, 0.717) is 0 Å². The van der Waals surface area contributed by atoms with E-state index in [2.05, 4.69) is 133 Å². The van der Waals surface area contributed by atoms with Gasteiger partial charge in [0.25, 0.3) is 0 Å². The molecule has 5 rings (SSSR count). The van der Waals surface area contributed by atoms with E-state index < -0.39 is 0 Å². The van der Waals surface area contributed by atoms with Crippen molar-refractivity contribution in [1.29, 1.82) is 0 Å². The van der Waals surface area contributed by atoms with Crippen LogP contribution in [0, 0.1) is 12.8 Å². The molecule has 0 saturated heterocycles. The molecular formula is C47H51N3. The van der Waals surface area contributed by atoms with Gasteiger partial charge in [-0.15, -0.1) is 0 Å². The fourth-order valence-corrected chi connectivity index (χ4v) is 6.63. The molecule has 2 aliphatic rings. The van der Waals surface area contributed by atoms with Gasteiger partial charge in [0.15, 0.2) is 0 Å². The van der Waals surface area contributed by atoms with Crippen LogP contribution < -0.4 is 0 Å². The molecular weight excluding hydrogens is 607 g/mol. The van der Waals surface area contributed by atoms with Gasteiger partial charge in [-0.2, -0.15) is 0 Å². The number of aryl methyl sites for hydroxylation is 1. The molecule has 2 aromatic heterocycles. The Morgan fingerprint density at radius 2 is 1.72 bits per heavy atom. The summed E-state index contributed by atoms with van der Waals surface area (Å²) in [6.07, 6.45) is 29.7. The van der Waals surface area contributed by atoms with Crippen LogP contribution in [0.1, 0.15) is 93.7 Å². The first kappa shape index (κ1) is 36.1. The zero-order valence-electron chi connectivity index (χ0n) is 30.9. The van der Waals surface area contributed by atoms with E-state index >= 15 is 0 Å². The number of hydrogen-bond donors (Lipinski definition) is 0. The fraction of sp³-hybridized carbons (Fsp3) is 0.255. The Morgan fingerprint density at radius 3 is 2.44 bits per heavy atom. The lowest BCUT2D eigenvalue weighted by Gasteiger charge is -2.24. The third kappa shape index (κ3) is 8.34. The lowest BCUT2D eigenvalue weighted by atomic mass is 9.85. The van der Waals surface area contributed by atoms with E-state index in [1.54, 1.807) is 0 Å². The number of hydrogen-bond acceptors (Lipinski definition) is 3. The molecule has 0 bridgehead atoms. The lowest BCUT2D eigenvalue weighted by Crippen LogP contribution is -2.14. The Morgan fingerprint density at radius 1 is 0.920 bits per heavy atom. The van der Waals surface area contributed by atoms with Crippen molar-refractivity contribution in [3.8, 4) is 11.3 Å². The van der Waals surface area contributed by atoms with E-state index in [-0.39, 0.29) is 5.92 Å². The van der Waals surface area contributed by atoms with Gasteiger partial charge in [0, 0.05) is 28.3 Å². The second kappa shape index (κ2) is 17.0. The van der Waals surface area contributed by atoms with Crippen molar-refractivity contribution < 1.29 is 0 Å². The Kier molecular flexibility index (Phi) is 12.3. The van der Waals surface area contributed by atoms with Crippen LogP contribution in [0.2, 0.25) is 0 Å². The molecule has 0 spiro atoms. The number of aliphatic imine (C=N–C) groups is 1. The van der Waals surface area contributed by atoms with Gasteiger partial charge in [-0.25, -0.2) is 9.97 Å². The summed E-state index contributed by atoms with van der Waals surface area (Å²) in [5, 5.41) is 0. The molecule has 3 aromatic rings. The molecule has 1 unspecified atom stereocenters. The maximum Gasteiger partial charge on any atom is 0.0924 e. The summed E-state index contributed by atoms with van der Waals surface area (Å²) in [4.78, 5) is 16.0. The van der Waals surface area contributed by atoms with Crippen molar-refractivity contribution in [2.45, 2.75) is 74.1 Å². The zero-order chi connectivity index (χ0) is 35.6. The predicted molar refractivity (Wildman–Crippen MR) is 218 cm³/mol. The minimum atomic E-state index is 0.142. The van der Waals surface area contributed by atoms with Gasteiger partial charge < -0.3 is 0 Å². The monoisotopic (exact) mass is 657 g/mol. The molecule has 0 radical (unpaired) electrons. The van der Waals surface area contributed by atoms with Crippen molar-refractivity contribution in [2.75, 3.05) is 0 Å². The Hall–Kier alpha value is -5.15. The number of rotatable bonds is 11. The summed E-state index contributed by atoms with van der Waals surface area (Å²) < 4.78 is 0. The van der Waals surface area contributed by atoms with E-state index in [1.165, 1.54) is 22.3 Å². The van der Waals surface area contributed by atoms with E-state index in [9.17, 15) is 0 Å². The molecule has 1 aromatic carbocycles. The quantitative estimate of drug-likeness (QED) is 0.152. The van der Waals surface area contributed by atoms with Crippen LogP contribution in [0.15, 0.2) is 132 Å². The van der Waals surface area contributed by atoms with E-state index in [4.69, 9.17) is 15.0 Å². The average Bonchev–Trinajstić information content (AvgIpc) is 3.14. The highest BCUT2D eigenvalue weighted by atomic mass is 14.8. The van der Waals surface area contributed by atoms with Gasteiger partial charge in [0.1, 0.15) is 0 Å². The molecule has 2 heterocycles. The number of aromatic nitrogens is 2. The highest BCUT2D eigenvalue weighted by Crippen LogP contribution is 2.36. The van der Waals surface area contributed by atoms with Crippen LogP contribution in [0.4, 0.5) is 0 Å². The van der Waals surface area contributed by atoms with Gasteiger partial charge in [-0.3, -0.25) is 4.99 Å². The molecule has 0 amide bonds. The zero-order valence-corrected chi connectivity index (χ0v) is 30.9. The number of pyridine rings is 2. The van der Waals surface area contributed by atoms with Crippen molar-refractivity contribution in [2.24, 2.45) is 10.9 Å². The summed E-state index contributed by atoms with van der Waals surface area (Å²) in [5.41, 5.74) is 16.5. The van der Waals surface area contributed by atoms with Gasteiger partial charge in [0.05, 0.1) is 28.5 Å². The largest absolute Gasteiger partial charge is 0.255 e. The molecule has 50 heavy (non-hydrogen) atoms. The van der Waals surface area contributed by atoms with Crippen molar-refractivity contribution in [1.82, 2.24) is 9.97 Å². The molecule has 1 atom stereocenters. The Bertz CT molecular complexity index is 2020. The lowest BCUT2D eigenvalue weighted by molar-refractivity contribution is 0.864. The third-order valence-electron chi connectivity index (χ3n) is 9.33. The number of allylic oxidation sites excluding steroid dienone is 15. The normalized spacial score (nSPS) is 16.4. The molecule has 0 N–H and O–H groups in total. The van der Waals surface area contributed by atoms with Gasteiger partial charge in [-0.05, 0) is 113 Å². The fourth-order valence-electron chi connectivity index (χ4n) is 6.63. The Labute approximate surface area is 300 Å². The minimum absolute atomic E-state index is 0.142. The number of benzene rings is 1. The summed E-state index contributed by atoms with van der Waals surface area (Å²) in [6.45, 7) is 19.2. The summed E-state index contributed by atoms with van der Waals surface area (Å²) >= 11 is 0. The third-order valence-corrected chi connectivity index (χ3v) is 9.33. The first-order valence-corrected chi connectivity index (χ1v) is 18.0. The molecule has 0 aliphatic heterocycles. The molecule has 0 saturated carbocycles. The molecule has 254 valence electrons. The topological polar surface area (TPSA) is 38.1 Å². The van der Waals surface area contributed by atoms with Gasteiger partial charge >= 0.3 is 0 Å². The number of fused-ring (bicyclic) bond motifs is 1. The highest BCUT2D eigenvalue weighted by Gasteiger charge is 2.23. The smallest absolute Gasteiger partial charge is 0.0924 e. The first-order valence-electron chi connectivity index (χ1n) is 18.0. The van der Waals surface area contributed by atoms with Crippen LogP contribution >= 0.6 is 0 Å². The van der Waals surface area contributed by atoms with E-state index in [0.717, 1.165) is 87.7 Å². The minimum Gasteiger partial charge on any atom is -0.255 e. The average molecular weight is 658 g/mol. The predicted octanol–water partition coefficient (Wildman–Crippen LogP) is 12.5. The Balaban J connectivity index is 1.58. The van der Waals surface area contributed by atoms with Crippen molar-refractivity contribution >= 4 is 28.6 Å². The van der Waals surface area contributed by atoms with Crippen LogP contribution in [-0.2, 0) is 12.8 Å². The molecule has 0 fully saturated rings. The van der Waals surface area contributed by atoms with Crippen molar-refractivity contribution in [3.63, 3.8) is 0 Å². The van der Waals surface area contributed by atoms with Crippen LogP contribution in [0.25, 0.3) is 34.2 Å². The standard InChI is InChI=1S/C47H51N3/c1-9-12-14-21-33(6)30-39(20-10-2)45-34(7)41-26-17-18-27-42(41)46(50-45)40-25-19-24-38(31-40)35(8)48-44(32(4)5)47-36(11-3)28-29-43(49-47)37-22-15-13-16-23-37/h9-10,12-16,18-23,25,27-31,38H,6,11,17,24,26H2,1-5,7-8H3/b12-9-,20-10-,21-14-,39-30-,48-35+. The van der Waals surface area contributed by atoms with Gasteiger partial charge in [-0.1, -0.05) is 117 Å². The van der Waals surface area contributed by atoms with E-state index in [1.807, 2.05) is 37.3 Å². The summed E-state index contributed by atoms with van der Waals surface area (Å²) in [5.74, 6) is 0.142. The molecule has 3 nitrogen and oxygen atoms in total. The maximum atomic E-state index is 5.44. The van der Waals surface area contributed by atoms with Gasteiger partial charge in [0.2, 0.25) is 0 Å². The summed E-state index contributed by atoms with van der Waals surface area (Å²) in [7, 11) is 0. The van der Waals surface area contributed by atoms with Crippen LogP contribution in [0.5, 0.6) is 0 Å². The highest BCUT2D eigenvalue weighted by molar-refractivity contribution is 5.95. The second-order valence-corrected chi connectivity index (χ2v) is 13.2. The first-order chi connectivity index (χ1) is 24.2. The summed E-state index contributed by atoms with van der Waals surface area (Å²) in [6, 6.07) is 14.7. The maximum absolute atomic E-state index is 5.44. The second-order valence-electron chi connectivity index (χ2n) is 13.2. The molecule has 2 aliphatic carbocycles. The molecule has 3 heteroatoms. The number of nitrogens with zero attached hydrogens (tertiary/aromatic N) is 3. The van der Waals surface area contributed by atoms with Crippen LogP contribution in [-0.4, -0.2) is 15.7 Å². The van der Waals surface area contributed by atoms with Crippen molar-refractivity contribution in [3.05, 3.63) is 166 Å².